The number of amides is 1. The highest BCUT2D eigenvalue weighted by atomic mass is 32.1. The van der Waals surface area contributed by atoms with Gasteiger partial charge in [-0.1, -0.05) is 51.1 Å². The quantitative estimate of drug-likeness (QED) is 0.633. The molecule has 124 valence electrons. The lowest BCUT2D eigenvalue weighted by Gasteiger charge is -2.11. The van der Waals surface area contributed by atoms with E-state index in [1.807, 2.05) is 56.7 Å². The zero-order valence-electron chi connectivity index (χ0n) is 14.2. The predicted octanol–water partition coefficient (Wildman–Crippen LogP) is 5.05. The van der Waals surface area contributed by atoms with E-state index in [2.05, 4.69) is 29.3 Å². The Hall–Kier alpha value is -1.98. The molecular formula is C19H20N2OS2. The van der Waals surface area contributed by atoms with Crippen molar-refractivity contribution in [2.45, 2.75) is 27.7 Å². The summed E-state index contributed by atoms with van der Waals surface area (Å²) in [5, 5.41) is 1.07. The minimum absolute atomic E-state index is 0.0991. The van der Waals surface area contributed by atoms with Gasteiger partial charge in [-0.05, 0) is 24.6 Å². The van der Waals surface area contributed by atoms with E-state index in [1.165, 1.54) is 10.4 Å². The first-order chi connectivity index (χ1) is 11.3. The van der Waals surface area contributed by atoms with Crippen molar-refractivity contribution in [1.82, 2.24) is 4.57 Å². The van der Waals surface area contributed by atoms with Gasteiger partial charge in [-0.3, -0.25) is 9.36 Å². The lowest BCUT2D eigenvalue weighted by Crippen LogP contribution is -2.22. The van der Waals surface area contributed by atoms with Crippen molar-refractivity contribution in [3.8, 4) is 15.4 Å². The molecule has 0 radical (unpaired) electrons. The maximum Gasteiger partial charge on any atom is 0.253 e. The molecule has 0 saturated heterocycles. The highest BCUT2D eigenvalue weighted by Crippen LogP contribution is 2.30. The molecule has 3 rings (SSSR count). The largest absolute Gasteiger partial charge is 0.283 e. The molecule has 1 amide bonds. The molecule has 0 atom stereocenters. The summed E-state index contributed by atoms with van der Waals surface area (Å²) in [6.45, 7) is 7.71. The Morgan fingerprint density at radius 3 is 2.42 bits per heavy atom. The van der Waals surface area contributed by atoms with Gasteiger partial charge in [-0.2, -0.15) is 4.99 Å². The van der Waals surface area contributed by atoms with E-state index in [0.29, 0.717) is 0 Å². The molecule has 0 unspecified atom stereocenters. The van der Waals surface area contributed by atoms with Crippen LogP contribution < -0.4 is 4.80 Å². The summed E-state index contributed by atoms with van der Waals surface area (Å²) >= 11 is 3.24. The van der Waals surface area contributed by atoms with Crippen molar-refractivity contribution in [2.75, 3.05) is 0 Å². The fourth-order valence-corrected chi connectivity index (χ4v) is 4.03. The molecule has 2 aromatic heterocycles. The molecule has 0 fully saturated rings. The van der Waals surface area contributed by atoms with Gasteiger partial charge in [0.25, 0.3) is 5.91 Å². The first-order valence-electron chi connectivity index (χ1n) is 7.78. The molecule has 0 N–H and O–H groups in total. The second-order valence-electron chi connectivity index (χ2n) is 6.67. The summed E-state index contributed by atoms with van der Waals surface area (Å²) in [6, 6.07) is 14.5. The molecule has 1 aromatic carbocycles. The summed E-state index contributed by atoms with van der Waals surface area (Å²) in [5.41, 5.74) is 0.728. The topological polar surface area (TPSA) is 34.4 Å². The molecule has 0 bridgehead atoms. The van der Waals surface area contributed by atoms with Gasteiger partial charge in [-0.25, -0.2) is 0 Å². The minimum atomic E-state index is -0.472. The summed E-state index contributed by atoms with van der Waals surface area (Å²) in [5.74, 6) is -0.0991. The molecule has 0 spiro atoms. The molecule has 3 nitrogen and oxygen atoms in total. The third-order valence-corrected chi connectivity index (χ3v) is 5.53. The smallest absolute Gasteiger partial charge is 0.253 e. The second-order valence-corrected chi connectivity index (χ2v) is 8.94. The molecule has 3 aromatic rings. The molecular weight excluding hydrogens is 336 g/mol. The number of aromatic nitrogens is 1. The number of aryl methyl sites for hydroxylation is 1. The summed E-state index contributed by atoms with van der Waals surface area (Å²) in [4.78, 5) is 19.7. The van der Waals surface area contributed by atoms with Crippen LogP contribution in [0.15, 0.2) is 53.7 Å². The first kappa shape index (κ1) is 16.9. The number of thiophene rings is 1. The third kappa shape index (κ3) is 3.57. The Labute approximate surface area is 150 Å². The van der Waals surface area contributed by atoms with Gasteiger partial charge in [-0.15, -0.1) is 22.7 Å². The van der Waals surface area contributed by atoms with Crippen molar-refractivity contribution < 1.29 is 4.79 Å². The van der Waals surface area contributed by atoms with Gasteiger partial charge in [0.1, 0.15) is 5.00 Å². The Kier molecular flexibility index (Phi) is 4.56. The maximum atomic E-state index is 12.3. The molecule has 2 heterocycles. The van der Waals surface area contributed by atoms with Crippen molar-refractivity contribution in [3.63, 3.8) is 0 Å². The number of carbonyl (C=O) groups excluding carboxylic acids is 1. The molecule has 0 saturated carbocycles. The van der Waals surface area contributed by atoms with Gasteiger partial charge in [0.15, 0.2) is 4.80 Å². The van der Waals surface area contributed by atoms with Crippen LogP contribution in [-0.4, -0.2) is 10.5 Å². The van der Waals surface area contributed by atoms with Gasteiger partial charge in [0, 0.05) is 21.4 Å². The van der Waals surface area contributed by atoms with E-state index in [1.54, 1.807) is 22.7 Å². The van der Waals surface area contributed by atoms with Crippen LogP contribution in [0.1, 0.15) is 25.6 Å². The third-order valence-electron chi connectivity index (χ3n) is 3.50. The minimum Gasteiger partial charge on any atom is -0.283 e. The van der Waals surface area contributed by atoms with Crippen LogP contribution in [0, 0.1) is 12.3 Å². The van der Waals surface area contributed by atoms with Gasteiger partial charge < -0.3 is 0 Å². The fraction of sp³-hybridized carbons (Fsp3) is 0.263. The van der Waals surface area contributed by atoms with Crippen LogP contribution in [0.2, 0.25) is 0 Å². The summed E-state index contributed by atoms with van der Waals surface area (Å²) in [7, 11) is 0. The number of hydrogen-bond donors (Lipinski definition) is 0. The number of nitrogens with zero attached hydrogens (tertiary/aromatic N) is 2. The van der Waals surface area contributed by atoms with Crippen LogP contribution in [0.25, 0.3) is 15.4 Å². The van der Waals surface area contributed by atoms with Crippen molar-refractivity contribution in [1.29, 1.82) is 0 Å². The normalized spacial score (nSPS) is 12.6. The lowest BCUT2D eigenvalue weighted by molar-refractivity contribution is -0.125. The molecule has 0 aliphatic heterocycles. The first-order valence-corrected chi connectivity index (χ1v) is 9.42. The van der Waals surface area contributed by atoms with Crippen LogP contribution in [-0.2, 0) is 4.79 Å². The standard InChI is InChI=1S/C19H20N2OS2/c1-13-12-21(18(23-13)20-17(22)19(2,3)4)16-11-10-15(24-16)14-8-6-5-7-9-14/h5-12H,1-4H3. The lowest BCUT2D eigenvalue weighted by atomic mass is 9.96. The molecule has 24 heavy (non-hydrogen) atoms. The van der Waals surface area contributed by atoms with Crippen molar-refractivity contribution in [3.05, 3.63) is 58.3 Å². The molecule has 0 aliphatic rings. The van der Waals surface area contributed by atoms with E-state index in [-0.39, 0.29) is 5.91 Å². The van der Waals surface area contributed by atoms with Crippen LogP contribution in [0.4, 0.5) is 0 Å². The number of thiazole rings is 1. The highest BCUT2D eigenvalue weighted by Gasteiger charge is 2.21. The Morgan fingerprint density at radius 1 is 1.04 bits per heavy atom. The monoisotopic (exact) mass is 356 g/mol. The number of hydrogen-bond acceptors (Lipinski definition) is 3. The van der Waals surface area contributed by atoms with Crippen molar-refractivity contribution >= 4 is 28.6 Å². The number of rotatable bonds is 2. The van der Waals surface area contributed by atoms with Crippen molar-refractivity contribution in [2.24, 2.45) is 10.4 Å². The van der Waals surface area contributed by atoms with E-state index < -0.39 is 5.41 Å². The number of carbonyl (C=O) groups is 1. The zero-order chi connectivity index (χ0) is 17.3. The highest BCUT2D eigenvalue weighted by molar-refractivity contribution is 7.18. The van der Waals surface area contributed by atoms with Crippen LogP contribution >= 0.6 is 22.7 Å². The van der Waals surface area contributed by atoms with Crippen LogP contribution in [0.5, 0.6) is 0 Å². The zero-order valence-corrected chi connectivity index (χ0v) is 15.9. The average Bonchev–Trinajstić information content (AvgIpc) is 3.14. The summed E-state index contributed by atoms with van der Waals surface area (Å²) in [6.07, 6.45) is 2.04. The van der Waals surface area contributed by atoms with Gasteiger partial charge in [0.05, 0.1) is 0 Å². The predicted molar refractivity (Wildman–Crippen MR) is 102 cm³/mol. The fourth-order valence-electron chi connectivity index (χ4n) is 2.16. The Balaban J connectivity index is 2.04. The Bertz CT molecular complexity index is 924. The van der Waals surface area contributed by atoms with E-state index >= 15 is 0 Å². The number of benzene rings is 1. The van der Waals surface area contributed by atoms with Gasteiger partial charge >= 0.3 is 0 Å². The maximum absolute atomic E-state index is 12.3. The van der Waals surface area contributed by atoms with E-state index in [9.17, 15) is 4.79 Å². The molecule has 5 heteroatoms. The summed E-state index contributed by atoms with van der Waals surface area (Å²) < 4.78 is 2.01. The Morgan fingerprint density at radius 2 is 1.75 bits per heavy atom. The molecule has 0 aliphatic carbocycles. The van der Waals surface area contributed by atoms with E-state index in [0.717, 1.165) is 14.7 Å². The SMILES string of the molecule is Cc1cn(-c2ccc(-c3ccccc3)s2)c(=NC(=O)C(C)(C)C)s1. The second kappa shape index (κ2) is 6.49. The van der Waals surface area contributed by atoms with Crippen LogP contribution in [0.3, 0.4) is 0 Å². The van der Waals surface area contributed by atoms with E-state index in [4.69, 9.17) is 0 Å². The average molecular weight is 357 g/mol. The van der Waals surface area contributed by atoms with Gasteiger partial charge in [0.2, 0.25) is 0 Å².